The lowest BCUT2D eigenvalue weighted by molar-refractivity contribution is -0.126. The molecule has 0 aromatic rings. The molecule has 2 aliphatic rings. The number of rotatable bonds is 7. The second-order valence-corrected chi connectivity index (χ2v) is 5.69. The third kappa shape index (κ3) is 3.93. The zero-order valence-electron chi connectivity index (χ0n) is 11.1. The van der Waals surface area contributed by atoms with Gasteiger partial charge in [-0.15, -0.1) is 0 Å². The third-order valence-electron chi connectivity index (χ3n) is 3.73. The van der Waals surface area contributed by atoms with Crippen LogP contribution in [-0.4, -0.2) is 43.9 Å². The van der Waals surface area contributed by atoms with Gasteiger partial charge in [-0.05, 0) is 38.5 Å². The topological polar surface area (TPSA) is 73.6 Å². The molecule has 1 aliphatic heterocycles. The van der Waals surface area contributed by atoms with E-state index >= 15 is 0 Å². The third-order valence-corrected chi connectivity index (χ3v) is 3.73. The standard InChI is InChI=1S/C13H24N2O3/c1-13(12(14)16,15-11-2-3-11)9-18-8-10-4-6-17-7-5-10/h10-11,15H,2-9H2,1H3,(H2,14,16). The Bertz CT molecular complexity index is 288. The van der Waals surface area contributed by atoms with Gasteiger partial charge in [-0.3, -0.25) is 10.1 Å². The van der Waals surface area contributed by atoms with Gasteiger partial charge in [-0.2, -0.15) is 0 Å². The van der Waals surface area contributed by atoms with Crippen molar-refractivity contribution in [2.75, 3.05) is 26.4 Å². The predicted octanol–water partition coefficient (Wildman–Crippen LogP) is 0.426. The van der Waals surface area contributed by atoms with Gasteiger partial charge in [0, 0.05) is 25.9 Å². The summed E-state index contributed by atoms with van der Waals surface area (Å²) in [5.41, 5.74) is 4.74. The summed E-state index contributed by atoms with van der Waals surface area (Å²) < 4.78 is 11.0. The molecular weight excluding hydrogens is 232 g/mol. The summed E-state index contributed by atoms with van der Waals surface area (Å²) in [6.07, 6.45) is 4.35. The van der Waals surface area contributed by atoms with Crippen molar-refractivity contribution in [1.82, 2.24) is 5.32 Å². The van der Waals surface area contributed by atoms with Crippen molar-refractivity contribution >= 4 is 5.91 Å². The van der Waals surface area contributed by atoms with Crippen LogP contribution in [0.1, 0.15) is 32.6 Å². The van der Waals surface area contributed by atoms with Crippen molar-refractivity contribution < 1.29 is 14.3 Å². The molecule has 1 atom stereocenters. The average molecular weight is 256 g/mol. The molecule has 3 N–H and O–H groups in total. The molecule has 104 valence electrons. The van der Waals surface area contributed by atoms with E-state index in [9.17, 15) is 4.79 Å². The van der Waals surface area contributed by atoms with E-state index in [4.69, 9.17) is 15.2 Å². The predicted molar refractivity (Wildman–Crippen MR) is 68.1 cm³/mol. The SMILES string of the molecule is CC(COCC1CCOCC1)(NC1CC1)C(N)=O. The van der Waals surface area contributed by atoms with E-state index < -0.39 is 5.54 Å². The Morgan fingerprint density at radius 2 is 2.06 bits per heavy atom. The van der Waals surface area contributed by atoms with E-state index in [2.05, 4.69) is 5.32 Å². The fourth-order valence-electron chi connectivity index (χ4n) is 2.20. The van der Waals surface area contributed by atoms with Gasteiger partial charge in [0.05, 0.1) is 6.61 Å². The minimum absolute atomic E-state index is 0.332. The summed E-state index contributed by atoms with van der Waals surface area (Å²) in [6.45, 7) is 4.52. The molecule has 1 heterocycles. The molecule has 5 heteroatoms. The highest BCUT2D eigenvalue weighted by atomic mass is 16.5. The van der Waals surface area contributed by atoms with Crippen LogP contribution in [0.15, 0.2) is 0 Å². The molecule has 2 fully saturated rings. The first-order valence-electron chi connectivity index (χ1n) is 6.83. The average Bonchev–Trinajstić information content (AvgIpc) is 3.14. The maximum atomic E-state index is 11.5. The molecule has 0 aromatic carbocycles. The molecule has 18 heavy (non-hydrogen) atoms. The van der Waals surface area contributed by atoms with Crippen LogP contribution in [-0.2, 0) is 14.3 Å². The summed E-state index contributed by atoms with van der Waals surface area (Å²) in [7, 11) is 0. The highest BCUT2D eigenvalue weighted by Crippen LogP contribution is 2.23. The summed E-state index contributed by atoms with van der Waals surface area (Å²) in [5.74, 6) is 0.221. The lowest BCUT2D eigenvalue weighted by Crippen LogP contribution is -2.57. The highest BCUT2D eigenvalue weighted by Gasteiger charge is 2.37. The Balaban J connectivity index is 1.72. The number of carbonyl (C=O) groups excluding carboxylic acids is 1. The van der Waals surface area contributed by atoms with E-state index in [0.29, 0.717) is 25.2 Å². The smallest absolute Gasteiger partial charge is 0.239 e. The maximum absolute atomic E-state index is 11.5. The first-order valence-corrected chi connectivity index (χ1v) is 6.83. The minimum Gasteiger partial charge on any atom is -0.381 e. The molecular formula is C13H24N2O3. The number of hydrogen-bond acceptors (Lipinski definition) is 4. The van der Waals surface area contributed by atoms with Crippen LogP contribution in [0.25, 0.3) is 0 Å². The minimum atomic E-state index is -0.730. The summed E-state index contributed by atoms with van der Waals surface area (Å²) in [6, 6.07) is 0.439. The Hall–Kier alpha value is -0.650. The van der Waals surface area contributed by atoms with E-state index in [1.54, 1.807) is 0 Å². The molecule has 1 unspecified atom stereocenters. The number of amides is 1. The number of ether oxygens (including phenoxy) is 2. The van der Waals surface area contributed by atoms with Gasteiger partial charge >= 0.3 is 0 Å². The fraction of sp³-hybridized carbons (Fsp3) is 0.923. The molecule has 0 spiro atoms. The molecule has 0 aromatic heterocycles. The number of hydrogen-bond donors (Lipinski definition) is 2. The zero-order chi connectivity index (χ0) is 13.0. The van der Waals surface area contributed by atoms with E-state index in [1.807, 2.05) is 6.92 Å². The van der Waals surface area contributed by atoms with Crippen LogP contribution in [0.2, 0.25) is 0 Å². The second kappa shape index (κ2) is 5.99. The number of carbonyl (C=O) groups is 1. The molecule has 2 rings (SSSR count). The molecule has 0 bridgehead atoms. The maximum Gasteiger partial charge on any atom is 0.239 e. The number of primary amides is 1. The molecule has 5 nitrogen and oxygen atoms in total. The van der Waals surface area contributed by atoms with Crippen molar-refractivity contribution in [3.8, 4) is 0 Å². The first kappa shape index (κ1) is 13.8. The van der Waals surface area contributed by atoms with Crippen molar-refractivity contribution in [3.05, 3.63) is 0 Å². The largest absolute Gasteiger partial charge is 0.381 e. The van der Waals surface area contributed by atoms with Crippen molar-refractivity contribution in [3.63, 3.8) is 0 Å². The van der Waals surface area contributed by atoms with Crippen LogP contribution in [0.3, 0.4) is 0 Å². The van der Waals surface area contributed by atoms with Crippen molar-refractivity contribution in [2.24, 2.45) is 11.7 Å². The van der Waals surface area contributed by atoms with Crippen LogP contribution >= 0.6 is 0 Å². The number of nitrogens with two attached hydrogens (primary N) is 1. The Kier molecular flexibility index (Phi) is 4.59. The number of nitrogens with one attached hydrogen (secondary N) is 1. The molecule has 0 radical (unpaired) electrons. The van der Waals surface area contributed by atoms with Gasteiger partial charge < -0.3 is 15.2 Å². The van der Waals surface area contributed by atoms with Crippen molar-refractivity contribution in [1.29, 1.82) is 0 Å². The summed E-state index contributed by atoms with van der Waals surface area (Å²) >= 11 is 0. The van der Waals surface area contributed by atoms with E-state index in [1.165, 1.54) is 0 Å². The Labute approximate surface area is 108 Å². The van der Waals surface area contributed by atoms with Crippen LogP contribution in [0.4, 0.5) is 0 Å². The van der Waals surface area contributed by atoms with E-state index in [-0.39, 0.29) is 5.91 Å². The second-order valence-electron chi connectivity index (χ2n) is 5.69. The summed E-state index contributed by atoms with van der Waals surface area (Å²) in [4.78, 5) is 11.5. The summed E-state index contributed by atoms with van der Waals surface area (Å²) in [5, 5.41) is 3.28. The molecule has 1 amide bonds. The lowest BCUT2D eigenvalue weighted by Gasteiger charge is -2.29. The van der Waals surface area contributed by atoms with Gasteiger partial charge in [0.1, 0.15) is 5.54 Å². The normalized spacial score (nSPS) is 24.7. The van der Waals surface area contributed by atoms with Crippen LogP contribution in [0.5, 0.6) is 0 Å². The zero-order valence-corrected chi connectivity index (χ0v) is 11.1. The Morgan fingerprint density at radius 3 is 2.61 bits per heavy atom. The first-order chi connectivity index (χ1) is 8.60. The van der Waals surface area contributed by atoms with Gasteiger partial charge in [0.2, 0.25) is 5.91 Å². The fourth-order valence-corrected chi connectivity index (χ4v) is 2.20. The van der Waals surface area contributed by atoms with Gasteiger partial charge in [-0.25, -0.2) is 0 Å². The quantitative estimate of drug-likeness (QED) is 0.692. The highest BCUT2D eigenvalue weighted by molar-refractivity contribution is 5.84. The lowest BCUT2D eigenvalue weighted by atomic mass is 10.0. The Morgan fingerprint density at radius 1 is 1.39 bits per heavy atom. The van der Waals surface area contributed by atoms with Crippen molar-refractivity contribution in [2.45, 2.75) is 44.2 Å². The molecule has 1 saturated carbocycles. The van der Waals surface area contributed by atoms with Gasteiger partial charge in [0.15, 0.2) is 0 Å². The van der Waals surface area contributed by atoms with Crippen LogP contribution in [0, 0.1) is 5.92 Å². The molecule has 1 saturated heterocycles. The van der Waals surface area contributed by atoms with Crippen LogP contribution < -0.4 is 11.1 Å². The van der Waals surface area contributed by atoms with Gasteiger partial charge in [0.25, 0.3) is 0 Å². The monoisotopic (exact) mass is 256 g/mol. The van der Waals surface area contributed by atoms with Gasteiger partial charge in [-0.1, -0.05) is 0 Å². The van der Waals surface area contributed by atoms with E-state index in [0.717, 1.165) is 38.9 Å². The molecule has 1 aliphatic carbocycles.